The summed E-state index contributed by atoms with van der Waals surface area (Å²) in [5, 5.41) is 4.57. The van der Waals surface area contributed by atoms with Gasteiger partial charge in [0.05, 0.1) is 6.54 Å². The molecule has 1 amide bonds. The van der Waals surface area contributed by atoms with Crippen LogP contribution in [0.5, 0.6) is 5.75 Å². The first-order chi connectivity index (χ1) is 12.6. The molecule has 3 rings (SSSR count). The van der Waals surface area contributed by atoms with E-state index in [1.807, 2.05) is 36.4 Å². The lowest BCUT2D eigenvalue weighted by Gasteiger charge is -2.06. The zero-order chi connectivity index (χ0) is 18.4. The number of ether oxygens (including phenoxy) is 1. The molecule has 26 heavy (non-hydrogen) atoms. The van der Waals surface area contributed by atoms with Gasteiger partial charge in [-0.05, 0) is 29.0 Å². The van der Waals surface area contributed by atoms with E-state index in [1.165, 1.54) is 6.07 Å². The highest BCUT2D eigenvalue weighted by molar-refractivity contribution is 6.07. The Hall–Kier alpha value is -3.39. The smallest absolute Gasteiger partial charge is 0.252 e. The van der Waals surface area contributed by atoms with Crippen LogP contribution in [0, 0.1) is 23.5 Å². The van der Waals surface area contributed by atoms with Crippen LogP contribution in [-0.2, 0) is 0 Å². The summed E-state index contributed by atoms with van der Waals surface area (Å²) in [5.41, 5.74) is 0.578. The highest BCUT2D eigenvalue weighted by Crippen LogP contribution is 2.18. The molecule has 0 atom stereocenters. The van der Waals surface area contributed by atoms with E-state index in [0.29, 0.717) is 5.56 Å². The Morgan fingerprint density at radius 3 is 2.65 bits per heavy atom. The molecule has 0 aliphatic heterocycles. The van der Waals surface area contributed by atoms with Crippen LogP contribution in [0.15, 0.2) is 60.7 Å². The molecule has 0 unspecified atom stereocenters. The molecule has 0 bridgehead atoms. The van der Waals surface area contributed by atoms with Crippen molar-refractivity contribution in [1.29, 1.82) is 0 Å². The van der Waals surface area contributed by atoms with Crippen molar-refractivity contribution >= 4 is 16.7 Å². The number of benzene rings is 3. The van der Waals surface area contributed by atoms with E-state index in [-0.39, 0.29) is 24.8 Å². The highest BCUT2D eigenvalue weighted by Gasteiger charge is 2.08. The number of hydrogen-bond acceptors (Lipinski definition) is 2. The Balaban J connectivity index is 1.53. The van der Waals surface area contributed by atoms with Crippen LogP contribution in [0.25, 0.3) is 10.8 Å². The molecular weight excluding hydrogens is 336 g/mol. The number of carbonyl (C=O) groups is 1. The summed E-state index contributed by atoms with van der Waals surface area (Å²) in [5.74, 6) is 3.66. The van der Waals surface area contributed by atoms with E-state index >= 15 is 0 Å². The summed E-state index contributed by atoms with van der Waals surface area (Å²) in [7, 11) is 0. The van der Waals surface area contributed by atoms with Crippen LogP contribution in [0.3, 0.4) is 0 Å². The summed E-state index contributed by atoms with van der Waals surface area (Å²) in [4.78, 5) is 12.3. The van der Waals surface area contributed by atoms with E-state index in [0.717, 1.165) is 22.9 Å². The Morgan fingerprint density at radius 2 is 1.81 bits per heavy atom. The van der Waals surface area contributed by atoms with Crippen LogP contribution >= 0.6 is 0 Å². The Morgan fingerprint density at radius 1 is 1.00 bits per heavy atom. The summed E-state index contributed by atoms with van der Waals surface area (Å²) in [6.07, 6.45) is 0. The minimum Gasteiger partial charge on any atom is -0.478 e. The van der Waals surface area contributed by atoms with E-state index in [2.05, 4.69) is 17.2 Å². The molecule has 1 N–H and O–H groups in total. The van der Waals surface area contributed by atoms with E-state index in [1.54, 1.807) is 6.07 Å². The van der Waals surface area contributed by atoms with E-state index < -0.39 is 11.6 Å². The normalized spacial score (nSPS) is 10.1. The minimum absolute atomic E-state index is 0.0628. The second-order valence-electron chi connectivity index (χ2n) is 5.43. The lowest BCUT2D eigenvalue weighted by molar-refractivity contribution is 0.0960. The predicted octanol–water partition coefficient (Wildman–Crippen LogP) is 3.93. The molecule has 3 aromatic carbocycles. The third kappa shape index (κ3) is 4.17. The summed E-state index contributed by atoms with van der Waals surface area (Å²) < 4.78 is 31.3. The van der Waals surface area contributed by atoms with Crippen molar-refractivity contribution in [2.75, 3.05) is 13.2 Å². The topological polar surface area (TPSA) is 38.3 Å². The monoisotopic (exact) mass is 351 g/mol. The standard InChI is InChI=1S/C21H15F2NO2/c22-16-10-11-20(19(23)14-16)26-13-4-3-12-24-21(25)18-9-5-7-15-6-1-2-8-17(15)18/h1-2,5-11,14H,12-13H2,(H,24,25). The number of carbonyl (C=O) groups excluding carboxylic acids is 1. The van der Waals surface area contributed by atoms with Gasteiger partial charge in [0.25, 0.3) is 5.91 Å². The number of halogens is 2. The largest absolute Gasteiger partial charge is 0.478 e. The van der Waals surface area contributed by atoms with Crippen LogP contribution in [-0.4, -0.2) is 19.1 Å². The second-order valence-corrected chi connectivity index (χ2v) is 5.43. The van der Waals surface area contributed by atoms with Crippen molar-refractivity contribution < 1.29 is 18.3 Å². The van der Waals surface area contributed by atoms with Gasteiger partial charge in [-0.3, -0.25) is 4.79 Å². The number of nitrogens with one attached hydrogen (secondary N) is 1. The Kier molecular flexibility index (Phi) is 5.45. The number of hydrogen-bond donors (Lipinski definition) is 1. The van der Waals surface area contributed by atoms with Gasteiger partial charge in [0.1, 0.15) is 12.4 Å². The van der Waals surface area contributed by atoms with Gasteiger partial charge in [0, 0.05) is 11.6 Å². The van der Waals surface area contributed by atoms with Gasteiger partial charge >= 0.3 is 0 Å². The van der Waals surface area contributed by atoms with Gasteiger partial charge in [-0.25, -0.2) is 8.78 Å². The molecule has 3 nitrogen and oxygen atoms in total. The van der Waals surface area contributed by atoms with Crippen molar-refractivity contribution in [3.05, 3.63) is 77.9 Å². The Bertz CT molecular complexity index is 1000. The fraction of sp³-hybridized carbons (Fsp3) is 0.0952. The highest BCUT2D eigenvalue weighted by atomic mass is 19.1. The van der Waals surface area contributed by atoms with Crippen LogP contribution in [0.2, 0.25) is 0 Å². The first-order valence-corrected chi connectivity index (χ1v) is 7.94. The van der Waals surface area contributed by atoms with Crippen LogP contribution < -0.4 is 10.1 Å². The molecule has 0 saturated heterocycles. The molecule has 0 aliphatic carbocycles. The van der Waals surface area contributed by atoms with Gasteiger partial charge < -0.3 is 10.1 Å². The molecular formula is C21H15F2NO2. The number of fused-ring (bicyclic) bond motifs is 1. The van der Waals surface area contributed by atoms with Crippen molar-refractivity contribution in [1.82, 2.24) is 5.32 Å². The maximum absolute atomic E-state index is 13.4. The van der Waals surface area contributed by atoms with Gasteiger partial charge in [0.15, 0.2) is 11.6 Å². The van der Waals surface area contributed by atoms with E-state index in [9.17, 15) is 13.6 Å². The summed E-state index contributed by atoms with van der Waals surface area (Å²) in [6, 6.07) is 16.2. The molecule has 0 fully saturated rings. The predicted molar refractivity (Wildman–Crippen MR) is 95.9 cm³/mol. The lowest BCUT2D eigenvalue weighted by atomic mass is 10.0. The molecule has 0 saturated carbocycles. The summed E-state index contributed by atoms with van der Waals surface area (Å²) >= 11 is 0. The van der Waals surface area contributed by atoms with Crippen molar-refractivity contribution in [3.63, 3.8) is 0 Å². The van der Waals surface area contributed by atoms with Gasteiger partial charge in [-0.1, -0.05) is 48.2 Å². The summed E-state index contributed by atoms with van der Waals surface area (Å²) in [6.45, 7) is 0.0734. The fourth-order valence-corrected chi connectivity index (χ4v) is 2.46. The zero-order valence-corrected chi connectivity index (χ0v) is 13.8. The molecule has 0 aliphatic rings. The number of rotatable bonds is 4. The third-order valence-electron chi connectivity index (χ3n) is 3.69. The molecule has 5 heteroatoms. The van der Waals surface area contributed by atoms with E-state index in [4.69, 9.17) is 4.74 Å². The van der Waals surface area contributed by atoms with Crippen LogP contribution in [0.1, 0.15) is 10.4 Å². The average Bonchev–Trinajstić information content (AvgIpc) is 2.65. The zero-order valence-electron chi connectivity index (χ0n) is 13.8. The maximum Gasteiger partial charge on any atom is 0.252 e. The quantitative estimate of drug-likeness (QED) is 0.724. The number of amides is 1. The first kappa shape index (κ1) is 17.4. The molecule has 130 valence electrons. The van der Waals surface area contributed by atoms with Crippen LogP contribution in [0.4, 0.5) is 8.78 Å². The van der Waals surface area contributed by atoms with Crippen molar-refractivity contribution in [2.45, 2.75) is 0 Å². The van der Waals surface area contributed by atoms with Crippen molar-refractivity contribution in [3.8, 4) is 17.6 Å². The second kappa shape index (κ2) is 8.13. The van der Waals surface area contributed by atoms with Gasteiger partial charge in [-0.15, -0.1) is 0 Å². The molecule has 0 aromatic heterocycles. The molecule has 3 aromatic rings. The van der Waals surface area contributed by atoms with Crippen molar-refractivity contribution in [2.24, 2.45) is 0 Å². The van der Waals surface area contributed by atoms with Gasteiger partial charge in [0.2, 0.25) is 0 Å². The SMILES string of the molecule is O=C(NCC#CCOc1ccc(F)cc1F)c1cccc2ccccc12. The molecule has 0 radical (unpaired) electrons. The molecule has 0 spiro atoms. The molecule has 0 heterocycles. The third-order valence-corrected chi connectivity index (χ3v) is 3.69. The maximum atomic E-state index is 13.4. The lowest BCUT2D eigenvalue weighted by Crippen LogP contribution is -2.23. The first-order valence-electron chi connectivity index (χ1n) is 7.94. The Labute approximate surface area is 149 Å². The average molecular weight is 351 g/mol. The minimum atomic E-state index is -0.781. The van der Waals surface area contributed by atoms with Gasteiger partial charge in [-0.2, -0.15) is 0 Å². The fourth-order valence-electron chi connectivity index (χ4n) is 2.46.